The molecule has 2 unspecified atom stereocenters. The van der Waals surface area contributed by atoms with Crippen LogP contribution in [0, 0.1) is 0 Å². The van der Waals surface area contributed by atoms with Gasteiger partial charge >= 0.3 is 0 Å². The first-order valence-electron chi connectivity index (χ1n) is 6.43. The summed E-state index contributed by atoms with van der Waals surface area (Å²) in [6.45, 7) is 2.98. The molecule has 0 saturated heterocycles. The minimum absolute atomic E-state index is 0.161. The number of hydrogen-bond donors (Lipinski definition) is 3. The molecule has 0 fully saturated rings. The van der Waals surface area contributed by atoms with Gasteiger partial charge in [0.2, 0.25) is 0 Å². The van der Waals surface area contributed by atoms with Gasteiger partial charge in [-0.2, -0.15) is 11.8 Å². The Morgan fingerprint density at radius 1 is 1.22 bits per heavy atom. The van der Waals surface area contributed by atoms with Crippen LogP contribution in [0.5, 0.6) is 0 Å². The second kappa shape index (κ2) is 9.39. The summed E-state index contributed by atoms with van der Waals surface area (Å²) in [5.74, 6) is 1.48. The van der Waals surface area contributed by atoms with E-state index in [0.717, 1.165) is 18.7 Å². The number of nitrogens with one attached hydrogen (secondary N) is 1. The van der Waals surface area contributed by atoms with Crippen LogP contribution in [-0.2, 0) is 0 Å². The molecule has 3 nitrogen and oxygen atoms in total. The molecular weight excluding hydrogens is 246 g/mol. The molecule has 1 rings (SSSR count). The van der Waals surface area contributed by atoms with Crippen molar-refractivity contribution in [3.8, 4) is 0 Å². The molecule has 1 aromatic rings. The van der Waals surface area contributed by atoms with E-state index in [1.807, 2.05) is 18.2 Å². The van der Waals surface area contributed by atoms with Crippen molar-refractivity contribution in [1.29, 1.82) is 0 Å². The molecule has 0 amide bonds. The van der Waals surface area contributed by atoms with Crippen LogP contribution in [-0.4, -0.2) is 41.0 Å². The zero-order valence-electron chi connectivity index (χ0n) is 10.9. The van der Waals surface area contributed by atoms with Crippen LogP contribution in [0.2, 0.25) is 0 Å². The maximum absolute atomic E-state index is 9.33. The lowest BCUT2D eigenvalue weighted by Crippen LogP contribution is -2.25. The van der Waals surface area contributed by atoms with Crippen molar-refractivity contribution in [2.75, 3.05) is 24.7 Å². The van der Waals surface area contributed by atoms with E-state index in [-0.39, 0.29) is 6.61 Å². The zero-order valence-corrected chi connectivity index (χ0v) is 11.7. The number of thioether (sulfide) groups is 1. The van der Waals surface area contributed by atoms with Crippen LogP contribution < -0.4 is 5.32 Å². The molecule has 3 N–H and O–H groups in total. The van der Waals surface area contributed by atoms with Gasteiger partial charge in [0.1, 0.15) is 0 Å². The SMILES string of the molecule is CCCNC(CSCC(O)CO)c1ccccc1. The predicted octanol–water partition coefficient (Wildman–Crippen LogP) is 1.81. The van der Waals surface area contributed by atoms with Crippen molar-refractivity contribution in [3.05, 3.63) is 35.9 Å². The number of aliphatic hydroxyl groups excluding tert-OH is 2. The summed E-state index contributed by atoms with van der Waals surface area (Å²) in [6, 6.07) is 10.7. The van der Waals surface area contributed by atoms with E-state index < -0.39 is 6.10 Å². The maximum atomic E-state index is 9.33. The van der Waals surface area contributed by atoms with E-state index in [1.165, 1.54) is 5.56 Å². The minimum atomic E-state index is -0.613. The Labute approximate surface area is 114 Å². The van der Waals surface area contributed by atoms with Gasteiger partial charge in [0.05, 0.1) is 12.7 Å². The number of aliphatic hydroxyl groups is 2. The molecular formula is C14H23NO2S. The van der Waals surface area contributed by atoms with Crippen LogP contribution in [0.15, 0.2) is 30.3 Å². The van der Waals surface area contributed by atoms with Crippen LogP contribution in [0.25, 0.3) is 0 Å². The van der Waals surface area contributed by atoms with Crippen molar-refractivity contribution < 1.29 is 10.2 Å². The van der Waals surface area contributed by atoms with Crippen LogP contribution in [0.3, 0.4) is 0 Å². The second-order valence-electron chi connectivity index (χ2n) is 4.29. The summed E-state index contributed by atoms with van der Waals surface area (Å²) in [6.07, 6.45) is 0.491. The minimum Gasteiger partial charge on any atom is -0.394 e. The molecule has 0 saturated carbocycles. The highest BCUT2D eigenvalue weighted by Gasteiger charge is 2.11. The average molecular weight is 269 g/mol. The quantitative estimate of drug-likeness (QED) is 0.640. The van der Waals surface area contributed by atoms with E-state index in [0.29, 0.717) is 11.8 Å². The smallest absolute Gasteiger partial charge is 0.0861 e. The molecule has 2 atom stereocenters. The third kappa shape index (κ3) is 5.87. The number of rotatable bonds is 9. The predicted molar refractivity (Wildman–Crippen MR) is 77.9 cm³/mol. The molecule has 0 aliphatic rings. The summed E-state index contributed by atoms with van der Waals surface area (Å²) < 4.78 is 0. The molecule has 0 aliphatic heterocycles. The van der Waals surface area contributed by atoms with Crippen molar-refractivity contribution in [2.45, 2.75) is 25.5 Å². The lowest BCUT2D eigenvalue weighted by molar-refractivity contribution is 0.113. The van der Waals surface area contributed by atoms with Gasteiger partial charge in [0.15, 0.2) is 0 Å². The molecule has 0 aromatic heterocycles. The molecule has 0 spiro atoms. The lowest BCUT2D eigenvalue weighted by Gasteiger charge is -2.19. The van der Waals surface area contributed by atoms with Crippen LogP contribution in [0.1, 0.15) is 24.9 Å². The number of benzene rings is 1. The molecule has 1 aromatic carbocycles. The molecule has 0 radical (unpaired) electrons. The first-order chi connectivity index (χ1) is 8.77. The fraction of sp³-hybridized carbons (Fsp3) is 0.571. The second-order valence-corrected chi connectivity index (χ2v) is 5.37. The van der Waals surface area contributed by atoms with Gasteiger partial charge in [-0.3, -0.25) is 0 Å². The zero-order chi connectivity index (χ0) is 13.2. The van der Waals surface area contributed by atoms with Gasteiger partial charge in [0, 0.05) is 17.5 Å². The lowest BCUT2D eigenvalue weighted by atomic mass is 10.1. The third-order valence-electron chi connectivity index (χ3n) is 2.65. The Balaban J connectivity index is 2.46. The maximum Gasteiger partial charge on any atom is 0.0861 e. The summed E-state index contributed by atoms with van der Waals surface area (Å²) in [5, 5.41) is 21.6. The van der Waals surface area contributed by atoms with Gasteiger partial charge in [-0.25, -0.2) is 0 Å². The van der Waals surface area contributed by atoms with E-state index in [1.54, 1.807) is 11.8 Å². The van der Waals surface area contributed by atoms with Gasteiger partial charge in [-0.1, -0.05) is 37.3 Å². The van der Waals surface area contributed by atoms with Gasteiger partial charge in [-0.15, -0.1) is 0 Å². The highest BCUT2D eigenvalue weighted by atomic mass is 32.2. The fourth-order valence-electron chi connectivity index (χ4n) is 1.65. The van der Waals surface area contributed by atoms with Gasteiger partial charge in [0.25, 0.3) is 0 Å². The highest BCUT2D eigenvalue weighted by molar-refractivity contribution is 7.99. The van der Waals surface area contributed by atoms with Crippen LogP contribution >= 0.6 is 11.8 Å². The van der Waals surface area contributed by atoms with Gasteiger partial charge < -0.3 is 15.5 Å². The molecule has 0 aliphatic carbocycles. The topological polar surface area (TPSA) is 52.5 Å². The summed E-state index contributed by atoms with van der Waals surface area (Å²) in [4.78, 5) is 0. The Morgan fingerprint density at radius 2 is 1.94 bits per heavy atom. The average Bonchev–Trinajstić information content (AvgIpc) is 2.43. The fourth-order valence-corrected chi connectivity index (χ4v) is 2.71. The van der Waals surface area contributed by atoms with Gasteiger partial charge in [-0.05, 0) is 18.5 Å². The van der Waals surface area contributed by atoms with Crippen molar-refractivity contribution >= 4 is 11.8 Å². The monoisotopic (exact) mass is 269 g/mol. The molecule has 102 valence electrons. The molecule has 0 heterocycles. The van der Waals surface area contributed by atoms with Crippen LogP contribution in [0.4, 0.5) is 0 Å². The van der Waals surface area contributed by atoms with E-state index >= 15 is 0 Å². The summed E-state index contributed by atoms with van der Waals surface area (Å²) in [7, 11) is 0. The summed E-state index contributed by atoms with van der Waals surface area (Å²) >= 11 is 1.67. The summed E-state index contributed by atoms with van der Waals surface area (Å²) in [5.41, 5.74) is 1.27. The van der Waals surface area contributed by atoms with Crippen molar-refractivity contribution in [2.24, 2.45) is 0 Å². The number of hydrogen-bond acceptors (Lipinski definition) is 4. The first-order valence-corrected chi connectivity index (χ1v) is 7.58. The van der Waals surface area contributed by atoms with E-state index in [4.69, 9.17) is 5.11 Å². The first kappa shape index (κ1) is 15.5. The Hall–Kier alpha value is -0.550. The highest BCUT2D eigenvalue weighted by Crippen LogP contribution is 2.18. The van der Waals surface area contributed by atoms with E-state index in [9.17, 15) is 5.11 Å². The standard InChI is InChI=1S/C14H23NO2S/c1-2-8-15-14(11-18-10-13(17)9-16)12-6-4-3-5-7-12/h3-7,13-17H,2,8-11H2,1H3. The van der Waals surface area contributed by atoms with Crippen molar-refractivity contribution in [3.63, 3.8) is 0 Å². The molecule has 18 heavy (non-hydrogen) atoms. The Bertz CT molecular complexity index is 308. The Kier molecular flexibility index (Phi) is 8.09. The van der Waals surface area contributed by atoms with Crippen molar-refractivity contribution in [1.82, 2.24) is 5.32 Å². The third-order valence-corrected chi connectivity index (χ3v) is 3.84. The molecule has 4 heteroatoms. The Morgan fingerprint density at radius 3 is 2.56 bits per heavy atom. The normalized spacial score (nSPS) is 14.4. The molecule has 0 bridgehead atoms. The van der Waals surface area contributed by atoms with E-state index in [2.05, 4.69) is 24.4 Å². The largest absolute Gasteiger partial charge is 0.394 e.